The lowest BCUT2D eigenvalue weighted by Gasteiger charge is -2.05. The Kier molecular flexibility index (Phi) is 3.72. The van der Waals surface area contributed by atoms with E-state index in [-0.39, 0.29) is 11.6 Å². The topological polar surface area (TPSA) is 37.8 Å². The maximum absolute atomic E-state index is 12.8. The fourth-order valence-electron chi connectivity index (χ4n) is 2.70. The summed E-state index contributed by atoms with van der Waals surface area (Å²) in [7, 11) is 0. The van der Waals surface area contributed by atoms with Gasteiger partial charge in [-0.3, -0.25) is 9.89 Å². The molecule has 22 heavy (non-hydrogen) atoms. The van der Waals surface area contributed by atoms with Crippen molar-refractivity contribution in [1.29, 1.82) is 0 Å². The van der Waals surface area contributed by atoms with Crippen molar-refractivity contribution in [2.24, 2.45) is 0 Å². The van der Waals surface area contributed by atoms with Crippen LogP contribution in [0.4, 0.5) is 0 Å². The number of aromatic amines is 1. The second-order valence-corrected chi connectivity index (χ2v) is 5.87. The Hall–Kier alpha value is -2.55. The van der Waals surface area contributed by atoms with Crippen LogP contribution in [-0.4, -0.2) is 9.78 Å². The Morgan fingerprint density at radius 1 is 0.955 bits per heavy atom. The van der Waals surface area contributed by atoms with Crippen LogP contribution in [0.1, 0.15) is 25.5 Å². The molecular weight excluding hydrogens is 272 g/mol. The third-order valence-corrected chi connectivity index (χ3v) is 3.80. The summed E-state index contributed by atoms with van der Waals surface area (Å²) >= 11 is 0. The van der Waals surface area contributed by atoms with Crippen molar-refractivity contribution in [3.05, 3.63) is 70.5 Å². The second-order valence-electron chi connectivity index (χ2n) is 5.87. The van der Waals surface area contributed by atoms with Crippen LogP contribution in [0.15, 0.2) is 59.4 Å². The quantitative estimate of drug-likeness (QED) is 0.763. The van der Waals surface area contributed by atoms with E-state index in [0.717, 1.165) is 22.4 Å². The Morgan fingerprint density at radius 3 is 2.27 bits per heavy atom. The summed E-state index contributed by atoms with van der Waals surface area (Å²) in [5.74, 6) is 0. The largest absolute Gasteiger partial charge is 0.294 e. The van der Waals surface area contributed by atoms with Gasteiger partial charge >= 0.3 is 0 Å². The predicted octanol–water partition coefficient (Wildman–Crippen LogP) is 4.40. The number of rotatable bonds is 3. The zero-order chi connectivity index (χ0) is 15.7. The molecule has 0 spiro atoms. The van der Waals surface area contributed by atoms with Gasteiger partial charge in [-0.25, -0.2) is 4.68 Å². The first-order valence-electron chi connectivity index (χ1n) is 7.55. The standard InChI is InChI=1S/C19H20N2O/c1-13(2)21-19(22)17(15-9-5-4-6-10-15)18(20-21)16-11-7-8-14(3)12-16/h4-13,20H,1-3H3. The van der Waals surface area contributed by atoms with E-state index in [2.05, 4.69) is 24.2 Å². The lowest BCUT2D eigenvalue weighted by molar-refractivity contribution is 0.518. The summed E-state index contributed by atoms with van der Waals surface area (Å²) in [4.78, 5) is 12.8. The molecule has 3 aromatic rings. The van der Waals surface area contributed by atoms with Gasteiger partial charge in [-0.05, 0) is 32.4 Å². The highest BCUT2D eigenvalue weighted by atomic mass is 16.1. The molecule has 1 heterocycles. The van der Waals surface area contributed by atoms with Crippen LogP contribution in [0, 0.1) is 6.92 Å². The molecule has 2 aromatic carbocycles. The van der Waals surface area contributed by atoms with E-state index in [9.17, 15) is 4.79 Å². The van der Waals surface area contributed by atoms with Gasteiger partial charge in [-0.2, -0.15) is 0 Å². The maximum Gasteiger partial charge on any atom is 0.275 e. The van der Waals surface area contributed by atoms with Crippen LogP contribution in [0.5, 0.6) is 0 Å². The van der Waals surface area contributed by atoms with Crippen LogP contribution in [0.3, 0.4) is 0 Å². The first-order chi connectivity index (χ1) is 10.6. The van der Waals surface area contributed by atoms with Crippen molar-refractivity contribution >= 4 is 0 Å². The van der Waals surface area contributed by atoms with Gasteiger partial charge in [-0.1, -0.05) is 54.1 Å². The Morgan fingerprint density at radius 2 is 1.64 bits per heavy atom. The smallest absolute Gasteiger partial charge is 0.275 e. The van der Waals surface area contributed by atoms with Gasteiger partial charge < -0.3 is 0 Å². The molecule has 0 unspecified atom stereocenters. The van der Waals surface area contributed by atoms with E-state index >= 15 is 0 Å². The molecule has 0 fully saturated rings. The van der Waals surface area contributed by atoms with Crippen molar-refractivity contribution in [1.82, 2.24) is 9.78 Å². The normalized spacial score (nSPS) is 11.1. The zero-order valence-corrected chi connectivity index (χ0v) is 13.1. The Bertz CT molecular complexity index is 841. The number of hydrogen-bond donors (Lipinski definition) is 1. The first-order valence-corrected chi connectivity index (χ1v) is 7.55. The van der Waals surface area contributed by atoms with Crippen molar-refractivity contribution in [2.75, 3.05) is 0 Å². The minimum absolute atomic E-state index is 0.0257. The van der Waals surface area contributed by atoms with Gasteiger partial charge in [0.05, 0.1) is 11.3 Å². The molecule has 1 aromatic heterocycles. The number of benzene rings is 2. The summed E-state index contributed by atoms with van der Waals surface area (Å²) in [5.41, 5.74) is 4.80. The summed E-state index contributed by atoms with van der Waals surface area (Å²) < 4.78 is 1.69. The number of nitrogens with one attached hydrogen (secondary N) is 1. The Labute approximate surface area is 130 Å². The summed E-state index contributed by atoms with van der Waals surface area (Å²) in [6, 6.07) is 18.1. The van der Waals surface area contributed by atoms with E-state index in [4.69, 9.17) is 0 Å². The van der Waals surface area contributed by atoms with Crippen LogP contribution < -0.4 is 5.56 Å². The SMILES string of the molecule is Cc1cccc(-c2[nH]n(C(C)C)c(=O)c2-c2ccccc2)c1. The average molecular weight is 292 g/mol. The fourth-order valence-corrected chi connectivity index (χ4v) is 2.70. The molecule has 0 atom stereocenters. The molecule has 0 aliphatic rings. The number of aryl methyl sites for hydroxylation is 1. The molecular formula is C19H20N2O. The molecule has 3 rings (SSSR count). The van der Waals surface area contributed by atoms with Crippen molar-refractivity contribution < 1.29 is 0 Å². The van der Waals surface area contributed by atoms with Crippen LogP contribution in [0.25, 0.3) is 22.4 Å². The van der Waals surface area contributed by atoms with E-state index in [1.807, 2.05) is 56.3 Å². The molecule has 0 aliphatic heterocycles. The van der Waals surface area contributed by atoms with Gasteiger partial charge in [0.25, 0.3) is 5.56 Å². The molecule has 0 radical (unpaired) electrons. The predicted molar refractivity (Wildman–Crippen MR) is 91.0 cm³/mol. The molecule has 0 saturated heterocycles. The molecule has 0 bridgehead atoms. The second kappa shape index (κ2) is 5.68. The number of aromatic nitrogens is 2. The third-order valence-electron chi connectivity index (χ3n) is 3.80. The van der Waals surface area contributed by atoms with E-state index in [1.54, 1.807) is 4.68 Å². The minimum Gasteiger partial charge on any atom is -0.294 e. The molecule has 3 nitrogen and oxygen atoms in total. The van der Waals surface area contributed by atoms with Crippen molar-refractivity contribution in [3.63, 3.8) is 0 Å². The minimum atomic E-state index is 0.0257. The highest BCUT2D eigenvalue weighted by Crippen LogP contribution is 2.29. The third kappa shape index (κ3) is 2.50. The first kappa shape index (κ1) is 14.4. The van der Waals surface area contributed by atoms with Crippen LogP contribution >= 0.6 is 0 Å². The van der Waals surface area contributed by atoms with E-state index in [1.165, 1.54) is 5.56 Å². The van der Waals surface area contributed by atoms with Crippen LogP contribution in [-0.2, 0) is 0 Å². The maximum atomic E-state index is 12.8. The number of nitrogens with zero attached hydrogens (tertiary/aromatic N) is 1. The summed E-state index contributed by atoms with van der Waals surface area (Å²) in [6.45, 7) is 6.07. The van der Waals surface area contributed by atoms with Gasteiger partial charge in [0.15, 0.2) is 0 Å². The summed E-state index contributed by atoms with van der Waals surface area (Å²) in [5, 5.41) is 3.30. The van der Waals surface area contributed by atoms with Crippen molar-refractivity contribution in [2.45, 2.75) is 26.8 Å². The zero-order valence-electron chi connectivity index (χ0n) is 13.1. The fraction of sp³-hybridized carbons (Fsp3) is 0.211. The molecule has 0 aliphatic carbocycles. The molecule has 112 valence electrons. The monoisotopic (exact) mass is 292 g/mol. The molecule has 1 N–H and O–H groups in total. The lowest BCUT2D eigenvalue weighted by atomic mass is 10.0. The summed E-state index contributed by atoms with van der Waals surface area (Å²) in [6.07, 6.45) is 0. The van der Waals surface area contributed by atoms with Gasteiger partial charge in [-0.15, -0.1) is 0 Å². The van der Waals surface area contributed by atoms with Crippen molar-refractivity contribution in [3.8, 4) is 22.4 Å². The highest BCUT2D eigenvalue weighted by Gasteiger charge is 2.18. The number of H-pyrrole nitrogens is 1. The molecule has 0 saturated carbocycles. The van der Waals surface area contributed by atoms with E-state index < -0.39 is 0 Å². The molecule has 3 heteroatoms. The van der Waals surface area contributed by atoms with Gasteiger partial charge in [0.2, 0.25) is 0 Å². The number of hydrogen-bond acceptors (Lipinski definition) is 1. The van der Waals surface area contributed by atoms with Gasteiger partial charge in [0, 0.05) is 11.6 Å². The highest BCUT2D eigenvalue weighted by molar-refractivity contribution is 5.80. The van der Waals surface area contributed by atoms with Gasteiger partial charge in [0.1, 0.15) is 0 Å². The average Bonchev–Trinajstić information content (AvgIpc) is 2.86. The Balaban J connectivity index is 2.30. The van der Waals surface area contributed by atoms with Crippen LogP contribution in [0.2, 0.25) is 0 Å². The van der Waals surface area contributed by atoms with E-state index in [0.29, 0.717) is 0 Å². The molecule has 0 amide bonds. The lowest BCUT2D eigenvalue weighted by Crippen LogP contribution is -2.19.